The summed E-state index contributed by atoms with van der Waals surface area (Å²) in [5.41, 5.74) is 0. The third kappa shape index (κ3) is 2.90. The zero-order chi connectivity index (χ0) is 8.54. The van der Waals surface area contributed by atoms with Crippen LogP contribution < -0.4 is 0 Å². The Labute approximate surface area is 74.5 Å². The molecule has 0 bridgehead atoms. The minimum absolute atomic E-state index is 0.427. The highest BCUT2D eigenvalue weighted by Gasteiger charge is 2.29. The minimum Gasteiger partial charge on any atom is -0.149 e. The van der Waals surface area contributed by atoms with Crippen LogP contribution in [0.25, 0.3) is 0 Å². The topological polar surface area (TPSA) is 0 Å². The van der Waals surface area contributed by atoms with Crippen LogP contribution in [-0.4, -0.2) is 9.49 Å². The Morgan fingerprint density at radius 3 is 1.64 bits per heavy atom. The van der Waals surface area contributed by atoms with Gasteiger partial charge in [-0.15, -0.1) is 11.8 Å². The number of hydrogen-bond donors (Lipinski definition) is 0. The van der Waals surface area contributed by atoms with Gasteiger partial charge >= 0.3 is 0 Å². The summed E-state index contributed by atoms with van der Waals surface area (Å²) in [4.78, 5) is 0. The Kier molecular flexibility index (Phi) is 2.38. The van der Waals surface area contributed by atoms with E-state index in [0.29, 0.717) is 9.49 Å². The van der Waals surface area contributed by atoms with E-state index in [-0.39, 0.29) is 0 Å². The van der Waals surface area contributed by atoms with E-state index in [1.54, 1.807) is 0 Å². The first-order valence-corrected chi connectivity index (χ1v) is 5.08. The van der Waals surface area contributed by atoms with Crippen molar-refractivity contribution in [3.8, 4) is 0 Å². The second-order valence-electron chi connectivity index (χ2n) is 4.50. The Morgan fingerprint density at radius 1 is 0.909 bits per heavy atom. The van der Waals surface area contributed by atoms with E-state index < -0.39 is 0 Å². The van der Waals surface area contributed by atoms with Crippen LogP contribution in [0.3, 0.4) is 0 Å². The first kappa shape index (κ1) is 9.18. The van der Waals surface area contributed by atoms with Gasteiger partial charge in [0, 0.05) is 9.49 Å². The monoisotopic (exact) mass is 170 g/mol. The van der Waals surface area contributed by atoms with Gasteiger partial charge in [-0.2, -0.15) is 0 Å². The van der Waals surface area contributed by atoms with Crippen molar-refractivity contribution < 1.29 is 0 Å². The van der Waals surface area contributed by atoms with Crippen LogP contribution in [0.4, 0.5) is 0 Å². The van der Waals surface area contributed by atoms with Crippen LogP contribution in [-0.2, 0) is 0 Å². The van der Waals surface area contributed by atoms with Gasteiger partial charge in [0.15, 0.2) is 0 Å². The molecule has 1 heterocycles. The predicted molar refractivity (Wildman–Crippen MR) is 54.1 cm³/mol. The summed E-state index contributed by atoms with van der Waals surface area (Å²) in [6.45, 7) is 9.31. The van der Waals surface area contributed by atoms with Gasteiger partial charge in [0.05, 0.1) is 0 Å². The molecule has 0 aromatic rings. The van der Waals surface area contributed by atoms with Gasteiger partial charge in [-0.1, -0.05) is 39.8 Å². The molecule has 0 radical (unpaired) electrons. The van der Waals surface area contributed by atoms with Crippen molar-refractivity contribution in [2.24, 2.45) is 0 Å². The van der Waals surface area contributed by atoms with Gasteiger partial charge in [-0.25, -0.2) is 0 Å². The lowest BCUT2D eigenvalue weighted by molar-refractivity contribution is 0.689. The maximum absolute atomic E-state index is 2.33. The second-order valence-corrected chi connectivity index (χ2v) is 6.92. The molecule has 0 spiro atoms. The summed E-state index contributed by atoms with van der Waals surface area (Å²) < 4.78 is 0.854. The number of allylic oxidation sites excluding steroid dienone is 2. The van der Waals surface area contributed by atoms with Crippen molar-refractivity contribution >= 4 is 11.8 Å². The largest absolute Gasteiger partial charge is 0.149 e. The smallest absolute Gasteiger partial charge is 0.0143 e. The van der Waals surface area contributed by atoms with Crippen LogP contribution in [0.15, 0.2) is 12.2 Å². The lowest BCUT2D eigenvalue weighted by atomic mass is 10.1. The van der Waals surface area contributed by atoms with Gasteiger partial charge < -0.3 is 0 Å². The van der Waals surface area contributed by atoms with E-state index in [9.17, 15) is 0 Å². The van der Waals surface area contributed by atoms with E-state index in [2.05, 4.69) is 51.6 Å². The van der Waals surface area contributed by atoms with E-state index in [0.717, 1.165) is 0 Å². The fourth-order valence-electron chi connectivity index (χ4n) is 1.57. The second kappa shape index (κ2) is 2.85. The summed E-state index contributed by atoms with van der Waals surface area (Å²) >= 11 is 2.10. The fraction of sp³-hybridized carbons (Fsp3) is 0.800. The fourth-order valence-corrected chi connectivity index (χ4v) is 3.42. The first-order valence-electron chi connectivity index (χ1n) is 4.27. The van der Waals surface area contributed by atoms with Crippen molar-refractivity contribution in [1.82, 2.24) is 0 Å². The summed E-state index contributed by atoms with van der Waals surface area (Å²) in [7, 11) is 0. The average molecular weight is 170 g/mol. The molecule has 11 heavy (non-hydrogen) atoms. The summed E-state index contributed by atoms with van der Waals surface area (Å²) in [5, 5.41) is 0. The summed E-state index contributed by atoms with van der Waals surface area (Å²) in [6.07, 6.45) is 7.06. The molecule has 0 atom stereocenters. The molecule has 0 aliphatic carbocycles. The Morgan fingerprint density at radius 2 is 1.27 bits per heavy atom. The third-order valence-corrected chi connectivity index (χ3v) is 3.38. The van der Waals surface area contributed by atoms with Crippen LogP contribution in [0.1, 0.15) is 40.5 Å². The van der Waals surface area contributed by atoms with Crippen LogP contribution in [0.5, 0.6) is 0 Å². The quantitative estimate of drug-likeness (QED) is 0.500. The maximum atomic E-state index is 2.33. The molecule has 0 N–H and O–H groups in total. The highest BCUT2D eigenvalue weighted by atomic mass is 32.2. The maximum Gasteiger partial charge on any atom is 0.0143 e. The third-order valence-electron chi connectivity index (χ3n) is 1.94. The number of thioether (sulfide) groups is 1. The van der Waals surface area contributed by atoms with E-state index in [4.69, 9.17) is 0 Å². The normalized spacial score (nSPS) is 28.0. The predicted octanol–water partition coefficient (Wildman–Crippen LogP) is 3.63. The molecular formula is C10H18S. The molecular weight excluding hydrogens is 152 g/mol. The van der Waals surface area contributed by atoms with Gasteiger partial charge in [-0.05, 0) is 12.8 Å². The zero-order valence-corrected chi connectivity index (χ0v) is 8.79. The molecule has 0 unspecified atom stereocenters. The molecule has 0 fully saturated rings. The Balaban J connectivity index is 2.72. The first-order chi connectivity index (χ1) is 4.91. The zero-order valence-electron chi connectivity index (χ0n) is 7.98. The molecule has 1 aliphatic heterocycles. The van der Waals surface area contributed by atoms with Crippen molar-refractivity contribution in [1.29, 1.82) is 0 Å². The number of hydrogen-bond acceptors (Lipinski definition) is 1. The molecule has 0 saturated heterocycles. The Bertz CT molecular complexity index is 148. The molecule has 0 aromatic heterocycles. The van der Waals surface area contributed by atoms with Crippen molar-refractivity contribution in [3.63, 3.8) is 0 Å². The van der Waals surface area contributed by atoms with Crippen LogP contribution >= 0.6 is 11.8 Å². The highest BCUT2D eigenvalue weighted by Crippen LogP contribution is 2.42. The van der Waals surface area contributed by atoms with Crippen LogP contribution in [0, 0.1) is 0 Å². The molecule has 0 saturated carbocycles. The van der Waals surface area contributed by atoms with Crippen molar-refractivity contribution in [2.45, 2.75) is 50.0 Å². The van der Waals surface area contributed by atoms with Crippen molar-refractivity contribution in [2.75, 3.05) is 0 Å². The molecule has 64 valence electrons. The van der Waals surface area contributed by atoms with Gasteiger partial charge in [0.25, 0.3) is 0 Å². The molecule has 1 heteroatoms. The highest BCUT2D eigenvalue weighted by molar-refractivity contribution is 8.01. The molecule has 1 aliphatic rings. The molecule has 1 rings (SSSR count). The molecule has 0 aromatic carbocycles. The lowest BCUT2D eigenvalue weighted by Gasteiger charge is -2.31. The van der Waals surface area contributed by atoms with Gasteiger partial charge in [0.1, 0.15) is 0 Å². The van der Waals surface area contributed by atoms with Crippen molar-refractivity contribution in [3.05, 3.63) is 12.2 Å². The summed E-state index contributed by atoms with van der Waals surface area (Å²) in [6, 6.07) is 0. The van der Waals surface area contributed by atoms with Gasteiger partial charge in [0.2, 0.25) is 0 Å². The van der Waals surface area contributed by atoms with E-state index in [1.165, 1.54) is 12.8 Å². The SMILES string of the molecule is CC1(C)CC=CCC(C)(C)S1. The standard InChI is InChI=1S/C10H18S/c1-9(2)7-5-6-8-10(3,4)11-9/h5-6H,7-8H2,1-4H3. The van der Waals surface area contributed by atoms with E-state index >= 15 is 0 Å². The van der Waals surface area contributed by atoms with Gasteiger partial charge in [-0.3, -0.25) is 0 Å². The molecule has 0 amide bonds. The van der Waals surface area contributed by atoms with Crippen LogP contribution in [0.2, 0.25) is 0 Å². The van der Waals surface area contributed by atoms with E-state index in [1.807, 2.05) is 0 Å². The summed E-state index contributed by atoms with van der Waals surface area (Å²) in [5.74, 6) is 0. The Hall–Kier alpha value is 0.0900. The minimum atomic E-state index is 0.427. The average Bonchev–Trinajstić information content (AvgIpc) is 1.86. The number of rotatable bonds is 0. The molecule has 0 nitrogen and oxygen atoms in total. The lowest BCUT2D eigenvalue weighted by Crippen LogP contribution is -2.23.